The van der Waals surface area contributed by atoms with Crippen molar-refractivity contribution in [2.75, 3.05) is 0 Å². The first-order valence-electron chi connectivity index (χ1n) is 8.18. The number of nitrogens with one attached hydrogen (secondary N) is 1. The van der Waals surface area contributed by atoms with Gasteiger partial charge in [-0.3, -0.25) is 14.9 Å². The molecule has 0 heterocycles. The van der Waals surface area contributed by atoms with Crippen molar-refractivity contribution in [3.8, 4) is 0 Å². The molecule has 0 rings (SSSR count). The number of hydrogen-bond donors (Lipinski definition) is 1. The molecule has 0 radical (unpaired) electrons. The summed E-state index contributed by atoms with van der Waals surface area (Å²) < 4.78 is 0. The molecule has 130 valence electrons. The molecule has 0 aliphatic rings. The van der Waals surface area contributed by atoms with Gasteiger partial charge in [0.25, 0.3) is 0 Å². The Morgan fingerprint density at radius 1 is 0.864 bits per heavy atom. The lowest BCUT2D eigenvalue weighted by Crippen LogP contribution is -2.30. The van der Waals surface area contributed by atoms with Crippen molar-refractivity contribution in [1.82, 2.24) is 5.32 Å². The maximum atomic E-state index is 11.2. The van der Waals surface area contributed by atoms with Gasteiger partial charge in [-0.1, -0.05) is 67.2 Å². The summed E-state index contributed by atoms with van der Waals surface area (Å²) in [6.07, 6.45) is 5.73. The van der Waals surface area contributed by atoms with Gasteiger partial charge >= 0.3 is 6.15 Å². The molecule has 0 fully saturated rings. The standard InChI is InChI=1S/C10H19NO2.C6H14.CO2/c1-4-8(5-2)7-10(13)11-9(12)6-3;1-4-6(3)5-2;2-1-3/h8H,4-7H2,1-3H3,(H,11,12,13);6H,4-5H2,1-3H3;. The third-order valence-corrected chi connectivity index (χ3v) is 3.62. The molecule has 5 nitrogen and oxygen atoms in total. The Bertz CT molecular complexity index is 302. The van der Waals surface area contributed by atoms with Crippen LogP contribution in [0.1, 0.15) is 80.1 Å². The van der Waals surface area contributed by atoms with Gasteiger partial charge in [0.2, 0.25) is 11.8 Å². The van der Waals surface area contributed by atoms with E-state index in [0.29, 0.717) is 18.8 Å². The normalized spacial score (nSPS) is 9.09. The monoisotopic (exact) mass is 315 g/mol. The summed E-state index contributed by atoms with van der Waals surface area (Å²) >= 11 is 0. The zero-order valence-corrected chi connectivity index (χ0v) is 15.0. The fourth-order valence-electron chi connectivity index (χ4n) is 1.42. The zero-order chi connectivity index (χ0) is 18.0. The van der Waals surface area contributed by atoms with Gasteiger partial charge < -0.3 is 0 Å². The van der Waals surface area contributed by atoms with E-state index in [9.17, 15) is 9.59 Å². The van der Waals surface area contributed by atoms with Gasteiger partial charge in [-0.2, -0.15) is 9.59 Å². The maximum absolute atomic E-state index is 11.2. The van der Waals surface area contributed by atoms with Gasteiger partial charge in [0.15, 0.2) is 0 Å². The first-order chi connectivity index (χ1) is 10.4. The highest BCUT2D eigenvalue weighted by Crippen LogP contribution is 2.11. The minimum atomic E-state index is -0.184. The van der Waals surface area contributed by atoms with Crippen LogP contribution in [-0.2, 0) is 19.2 Å². The smallest absolute Gasteiger partial charge is 0.296 e. The summed E-state index contributed by atoms with van der Waals surface area (Å²) in [5, 5.41) is 2.35. The number of amides is 2. The van der Waals surface area contributed by atoms with Gasteiger partial charge in [-0.25, -0.2) is 0 Å². The molecule has 22 heavy (non-hydrogen) atoms. The van der Waals surface area contributed by atoms with E-state index in [1.807, 2.05) is 0 Å². The van der Waals surface area contributed by atoms with E-state index in [0.717, 1.165) is 18.8 Å². The largest absolute Gasteiger partial charge is 0.373 e. The molecule has 0 spiro atoms. The van der Waals surface area contributed by atoms with E-state index in [4.69, 9.17) is 9.59 Å². The fraction of sp³-hybridized carbons (Fsp3) is 0.824. The number of carbonyl (C=O) groups is 2. The molecule has 0 atom stereocenters. The van der Waals surface area contributed by atoms with Crippen molar-refractivity contribution >= 4 is 18.0 Å². The van der Waals surface area contributed by atoms with Crippen LogP contribution in [0.2, 0.25) is 0 Å². The molecule has 0 aromatic rings. The summed E-state index contributed by atoms with van der Waals surface area (Å²) in [7, 11) is 0. The SMILES string of the molecule is CCC(=O)NC(=O)CC(CC)CC.CCC(C)CC.O=C=O. The van der Waals surface area contributed by atoms with Gasteiger partial charge in [-0.05, 0) is 11.8 Å². The number of rotatable bonds is 7. The van der Waals surface area contributed by atoms with Crippen LogP contribution in [0.4, 0.5) is 0 Å². The predicted octanol–water partition coefficient (Wildman–Crippen LogP) is 3.72. The van der Waals surface area contributed by atoms with E-state index in [-0.39, 0.29) is 18.0 Å². The maximum Gasteiger partial charge on any atom is 0.373 e. The molecular formula is C17H33NO4. The van der Waals surface area contributed by atoms with Gasteiger partial charge in [-0.15, -0.1) is 0 Å². The average molecular weight is 315 g/mol. The van der Waals surface area contributed by atoms with Crippen LogP contribution in [0.3, 0.4) is 0 Å². The Kier molecular flexibility index (Phi) is 22.6. The third kappa shape index (κ3) is 20.8. The molecule has 1 N–H and O–H groups in total. The summed E-state index contributed by atoms with van der Waals surface area (Å²) in [6, 6.07) is 0. The Hall–Kier alpha value is -1.48. The number of carbonyl (C=O) groups excluding carboxylic acids is 4. The molecule has 0 bridgehead atoms. The topological polar surface area (TPSA) is 80.3 Å². The number of imide groups is 1. The summed E-state index contributed by atoms with van der Waals surface area (Å²) in [6.45, 7) is 12.6. The minimum Gasteiger partial charge on any atom is -0.296 e. The van der Waals surface area contributed by atoms with Crippen LogP contribution < -0.4 is 5.32 Å². The first kappa shape index (κ1) is 25.5. The lowest BCUT2D eigenvalue weighted by molar-refractivity contribution is -0.191. The van der Waals surface area contributed by atoms with E-state index in [2.05, 4.69) is 39.9 Å². The summed E-state index contributed by atoms with van der Waals surface area (Å²) in [5.41, 5.74) is 0. The van der Waals surface area contributed by atoms with Crippen LogP contribution in [-0.4, -0.2) is 18.0 Å². The van der Waals surface area contributed by atoms with Gasteiger partial charge in [0.1, 0.15) is 0 Å². The molecule has 0 aromatic carbocycles. The highest BCUT2D eigenvalue weighted by atomic mass is 16.2. The molecule has 0 aromatic heterocycles. The first-order valence-corrected chi connectivity index (χ1v) is 8.18. The molecule has 0 aliphatic heterocycles. The van der Waals surface area contributed by atoms with Crippen LogP contribution in [0.25, 0.3) is 0 Å². The molecule has 0 saturated heterocycles. The second-order valence-electron chi connectivity index (χ2n) is 5.22. The van der Waals surface area contributed by atoms with Crippen LogP contribution in [0, 0.1) is 11.8 Å². The summed E-state index contributed by atoms with van der Waals surface area (Å²) in [5.74, 6) is 1.02. The lowest BCUT2D eigenvalue weighted by Gasteiger charge is -2.10. The second kappa shape index (κ2) is 19.5. The highest BCUT2D eigenvalue weighted by molar-refractivity contribution is 5.95. The van der Waals surface area contributed by atoms with Crippen molar-refractivity contribution < 1.29 is 19.2 Å². The van der Waals surface area contributed by atoms with Crippen LogP contribution in [0.5, 0.6) is 0 Å². The Morgan fingerprint density at radius 3 is 1.50 bits per heavy atom. The zero-order valence-electron chi connectivity index (χ0n) is 15.0. The van der Waals surface area contributed by atoms with E-state index in [1.165, 1.54) is 12.8 Å². The van der Waals surface area contributed by atoms with Gasteiger partial charge in [0.05, 0.1) is 0 Å². The molecular weight excluding hydrogens is 282 g/mol. The number of hydrogen-bond acceptors (Lipinski definition) is 4. The van der Waals surface area contributed by atoms with Crippen LogP contribution >= 0.6 is 0 Å². The minimum absolute atomic E-state index is 0.138. The summed E-state index contributed by atoms with van der Waals surface area (Å²) in [4.78, 5) is 38.3. The third-order valence-electron chi connectivity index (χ3n) is 3.62. The average Bonchev–Trinajstić information content (AvgIpc) is 2.52. The van der Waals surface area contributed by atoms with E-state index >= 15 is 0 Å². The van der Waals surface area contributed by atoms with Gasteiger partial charge in [0, 0.05) is 12.8 Å². The van der Waals surface area contributed by atoms with Crippen LogP contribution in [0.15, 0.2) is 0 Å². The molecule has 2 amide bonds. The van der Waals surface area contributed by atoms with Crippen molar-refractivity contribution in [2.45, 2.75) is 80.1 Å². The van der Waals surface area contributed by atoms with Crippen molar-refractivity contribution in [3.05, 3.63) is 0 Å². The van der Waals surface area contributed by atoms with Crippen molar-refractivity contribution in [3.63, 3.8) is 0 Å². The van der Waals surface area contributed by atoms with E-state index in [1.54, 1.807) is 6.92 Å². The van der Waals surface area contributed by atoms with E-state index < -0.39 is 0 Å². The second-order valence-corrected chi connectivity index (χ2v) is 5.22. The quantitative estimate of drug-likeness (QED) is 0.776. The molecule has 0 aliphatic carbocycles. The molecule has 5 heteroatoms. The highest BCUT2D eigenvalue weighted by Gasteiger charge is 2.11. The Labute approximate surface area is 135 Å². The van der Waals surface area contributed by atoms with Crippen molar-refractivity contribution in [1.29, 1.82) is 0 Å². The predicted molar refractivity (Wildman–Crippen MR) is 86.9 cm³/mol. The fourth-order valence-corrected chi connectivity index (χ4v) is 1.42. The lowest BCUT2D eigenvalue weighted by atomic mass is 9.99. The molecule has 0 saturated carbocycles. The Balaban J connectivity index is -0.000000333. The molecule has 0 unspecified atom stereocenters. The Morgan fingerprint density at radius 2 is 1.27 bits per heavy atom. The van der Waals surface area contributed by atoms with Crippen molar-refractivity contribution in [2.24, 2.45) is 11.8 Å².